The van der Waals surface area contributed by atoms with Gasteiger partial charge in [-0.1, -0.05) is 6.42 Å². The highest BCUT2D eigenvalue weighted by atomic mass is 16.3. The minimum Gasteiger partial charge on any atom is -0.395 e. The Bertz CT molecular complexity index is 173. The Morgan fingerprint density at radius 3 is 3.00 bits per heavy atom. The van der Waals surface area contributed by atoms with Gasteiger partial charge < -0.3 is 10.4 Å². The van der Waals surface area contributed by atoms with Gasteiger partial charge in [0.05, 0.1) is 12.6 Å². The summed E-state index contributed by atoms with van der Waals surface area (Å²) in [4.78, 5) is 13.6. The van der Waals surface area contributed by atoms with Crippen molar-refractivity contribution in [1.82, 2.24) is 10.2 Å². The third-order valence-electron chi connectivity index (χ3n) is 2.48. The zero-order chi connectivity index (χ0) is 9.68. The molecular formula is C9H18N2O2. The van der Waals surface area contributed by atoms with Crippen LogP contribution in [0.4, 0.5) is 0 Å². The maximum Gasteiger partial charge on any atom is 0.237 e. The highest BCUT2D eigenvalue weighted by Crippen LogP contribution is 2.14. The number of likely N-dealkylation sites (N-methyl/N-ethyl adjacent to an activating group) is 1. The Kier molecular flexibility index (Phi) is 4.18. The number of aliphatic hydroxyl groups is 1. The lowest BCUT2D eigenvalue weighted by Gasteiger charge is -2.31. The molecule has 13 heavy (non-hydrogen) atoms. The molecule has 1 heterocycles. The molecule has 1 amide bonds. The van der Waals surface area contributed by atoms with Crippen LogP contribution in [0.25, 0.3) is 0 Å². The van der Waals surface area contributed by atoms with Crippen LogP contribution in [0, 0.1) is 0 Å². The van der Waals surface area contributed by atoms with Gasteiger partial charge in [-0.15, -0.1) is 0 Å². The van der Waals surface area contributed by atoms with E-state index in [9.17, 15) is 4.79 Å². The lowest BCUT2D eigenvalue weighted by Crippen LogP contribution is -2.48. The van der Waals surface area contributed by atoms with Gasteiger partial charge in [0.1, 0.15) is 0 Å². The van der Waals surface area contributed by atoms with Gasteiger partial charge in [-0.05, 0) is 26.4 Å². The highest BCUT2D eigenvalue weighted by molar-refractivity contribution is 5.81. The zero-order valence-corrected chi connectivity index (χ0v) is 8.12. The Labute approximate surface area is 78.9 Å². The Balaban J connectivity index is 2.35. The molecule has 1 fully saturated rings. The molecule has 1 atom stereocenters. The van der Waals surface area contributed by atoms with Crippen LogP contribution < -0.4 is 5.32 Å². The molecule has 1 rings (SSSR count). The van der Waals surface area contributed by atoms with E-state index in [-0.39, 0.29) is 18.6 Å². The standard InChI is InChI=1S/C9H18N2O2/c1-11-6-3-2-4-8(11)9(13)10-5-7-12/h8,12H,2-7H2,1H3,(H,10,13)/t8-/m0/s1. The number of hydrogen-bond donors (Lipinski definition) is 2. The van der Waals surface area contributed by atoms with Crippen molar-refractivity contribution < 1.29 is 9.90 Å². The quantitative estimate of drug-likeness (QED) is 0.629. The van der Waals surface area contributed by atoms with Gasteiger partial charge in [-0.25, -0.2) is 0 Å². The van der Waals surface area contributed by atoms with Gasteiger partial charge in [0.15, 0.2) is 0 Å². The number of piperidine rings is 1. The van der Waals surface area contributed by atoms with E-state index in [1.807, 2.05) is 7.05 Å². The Morgan fingerprint density at radius 1 is 1.62 bits per heavy atom. The molecule has 1 aliphatic heterocycles. The predicted molar refractivity (Wildman–Crippen MR) is 50.4 cm³/mol. The van der Waals surface area contributed by atoms with Gasteiger partial charge in [-0.2, -0.15) is 0 Å². The van der Waals surface area contributed by atoms with Crippen LogP contribution in [-0.4, -0.2) is 48.7 Å². The maximum absolute atomic E-state index is 11.5. The van der Waals surface area contributed by atoms with Crippen LogP contribution in [0.1, 0.15) is 19.3 Å². The normalized spacial score (nSPS) is 24.3. The van der Waals surface area contributed by atoms with Crippen LogP contribution in [0.15, 0.2) is 0 Å². The third kappa shape index (κ3) is 2.97. The number of nitrogens with one attached hydrogen (secondary N) is 1. The summed E-state index contributed by atoms with van der Waals surface area (Å²) in [6, 6.07) is 0.0142. The fourth-order valence-electron chi connectivity index (χ4n) is 1.70. The molecule has 0 aromatic heterocycles. The molecule has 0 aliphatic carbocycles. The summed E-state index contributed by atoms with van der Waals surface area (Å²) in [6.07, 6.45) is 3.25. The van der Waals surface area contributed by atoms with Crippen molar-refractivity contribution in [2.24, 2.45) is 0 Å². The van der Waals surface area contributed by atoms with E-state index in [4.69, 9.17) is 5.11 Å². The number of carbonyl (C=O) groups is 1. The van der Waals surface area contributed by atoms with E-state index >= 15 is 0 Å². The van der Waals surface area contributed by atoms with Crippen molar-refractivity contribution in [2.45, 2.75) is 25.3 Å². The molecule has 2 N–H and O–H groups in total. The number of hydrogen-bond acceptors (Lipinski definition) is 3. The fourth-order valence-corrected chi connectivity index (χ4v) is 1.70. The summed E-state index contributed by atoms with van der Waals surface area (Å²) >= 11 is 0. The summed E-state index contributed by atoms with van der Waals surface area (Å²) in [5, 5.41) is 11.3. The molecule has 0 aromatic carbocycles. The van der Waals surface area contributed by atoms with Crippen LogP contribution in [0.5, 0.6) is 0 Å². The van der Waals surface area contributed by atoms with Crippen molar-refractivity contribution in [1.29, 1.82) is 0 Å². The first-order valence-electron chi connectivity index (χ1n) is 4.84. The molecular weight excluding hydrogens is 168 g/mol. The van der Waals surface area contributed by atoms with E-state index in [0.717, 1.165) is 19.4 Å². The Morgan fingerprint density at radius 2 is 2.38 bits per heavy atom. The molecule has 4 nitrogen and oxygen atoms in total. The molecule has 0 spiro atoms. The average Bonchev–Trinajstić information content (AvgIpc) is 2.15. The summed E-state index contributed by atoms with van der Waals surface area (Å²) in [5.74, 6) is 0.0521. The van der Waals surface area contributed by atoms with Crippen LogP contribution in [0.2, 0.25) is 0 Å². The number of likely N-dealkylation sites (tertiary alicyclic amines) is 1. The van der Waals surface area contributed by atoms with Gasteiger partial charge in [0.2, 0.25) is 5.91 Å². The van der Waals surface area contributed by atoms with E-state index < -0.39 is 0 Å². The van der Waals surface area contributed by atoms with Crippen molar-refractivity contribution in [3.8, 4) is 0 Å². The lowest BCUT2D eigenvalue weighted by molar-refractivity contribution is -0.127. The highest BCUT2D eigenvalue weighted by Gasteiger charge is 2.24. The monoisotopic (exact) mass is 186 g/mol. The predicted octanol–water partition coefficient (Wildman–Crippen LogP) is -0.421. The number of aliphatic hydroxyl groups excluding tert-OH is 1. The lowest BCUT2D eigenvalue weighted by atomic mass is 10.0. The SMILES string of the molecule is CN1CCCC[C@H]1C(=O)NCCO. The summed E-state index contributed by atoms with van der Waals surface area (Å²) in [6.45, 7) is 1.38. The first-order valence-corrected chi connectivity index (χ1v) is 4.84. The molecule has 0 saturated carbocycles. The summed E-state index contributed by atoms with van der Waals surface area (Å²) < 4.78 is 0. The third-order valence-corrected chi connectivity index (χ3v) is 2.48. The maximum atomic E-state index is 11.5. The summed E-state index contributed by atoms with van der Waals surface area (Å²) in [5.41, 5.74) is 0. The Hall–Kier alpha value is -0.610. The molecule has 0 bridgehead atoms. The van der Waals surface area contributed by atoms with Crippen LogP contribution in [-0.2, 0) is 4.79 Å². The number of carbonyl (C=O) groups excluding carboxylic acids is 1. The molecule has 0 unspecified atom stereocenters. The largest absolute Gasteiger partial charge is 0.395 e. The average molecular weight is 186 g/mol. The van der Waals surface area contributed by atoms with E-state index in [1.54, 1.807) is 0 Å². The van der Waals surface area contributed by atoms with Gasteiger partial charge in [0.25, 0.3) is 0 Å². The van der Waals surface area contributed by atoms with Crippen molar-refractivity contribution in [3.63, 3.8) is 0 Å². The molecule has 1 aliphatic rings. The van der Waals surface area contributed by atoms with E-state index in [0.29, 0.717) is 6.54 Å². The first-order chi connectivity index (χ1) is 6.25. The summed E-state index contributed by atoms with van der Waals surface area (Å²) in [7, 11) is 1.97. The van der Waals surface area contributed by atoms with Crippen LogP contribution >= 0.6 is 0 Å². The molecule has 0 radical (unpaired) electrons. The van der Waals surface area contributed by atoms with E-state index in [2.05, 4.69) is 10.2 Å². The zero-order valence-electron chi connectivity index (χ0n) is 8.12. The molecule has 76 valence electrons. The van der Waals surface area contributed by atoms with Gasteiger partial charge in [0, 0.05) is 6.54 Å². The molecule has 4 heteroatoms. The second kappa shape index (κ2) is 5.19. The van der Waals surface area contributed by atoms with Crippen molar-refractivity contribution in [2.75, 3.05) is 26.7 Å². The molecule has 1 saturated heterocycles. The number of amides is 1. The number of rotatable bonds is 3. The van der Waals surface area contributed by atoms with Gasteiger partial charge in [-0.3, -0.25) is 9.69 Å². The van der Waals surface area contributed by atoms with E-state index in [1.165, 1.54) is 6.42 Å². The topological polar surface area (TPSA) is 52.6 Å². The minimum absolute atomic E-state index is 0.0142. The first kappa shape index (κ1) is 10.5. The smallest absolute Gasteiger partial charge is 0.237 e. The minimum atomic E-state index is 0.0142. The van der Waals surface area contributed by atoms with Crippen molar-refractivity contribution >= 4 is 5.91 Å². The van der Waals surface area contributed by atoms with Crippen LogP contribution in [0.3, 0.4) is 0 Å². The molecule has 0 aromatic rings. The second-order valence-corrected chi connectivity index (χ2v) is 3.51. The number of nitrogens with zero attached hydrogens (tertiary/aromatic N) is 1. The fraction of sp³-hybridized carbons (Fsp3) is 0.889. The second-order valence-electron chi connectivity index (χ2n) is 3.51. The van der Waals surface area contributed by atoms with Gasteiger partial charge >= 0.3 is 0 Å². The van der Waals surface area contributed by atoms with Crippen molar-refractivity contribution in [3.05, 3.63) is 0 Å².